The molecule has 1 aromatic carbocycles. The predicted octanol–water partition coefficient (Wildman–Crippen LogP) is 2.66. The first-order chi connectivity index (χ1) is 9.14. The van der Waals surface area contributed by atoms with Gasteiger partial charge in [0.2, 0.25) is 0 Å². The number of carboxylic acid groups (broad SMARTS) is 1. The van der Waals surface area contributed by atoms with Gasteiger partial charge in [-0.05, 0) is 53.6 Å². The summed E-state index contributed by atoms with van der Waals surface area (Å²) in [5, 5.41) is 11.2. The van der Waals surface area contributed by atoms with Gasteiger partial charge >= 0.3 is 12.1 Å². The Labute approximate surface area is 125 Å². The van der Waals surface area contributed by atoms with E-state index in [1.165, 1.54) is 6.07 Å². The number of aliphatic carboxylic acids is 1. The second kappa shape index (κ2) is 4.90. The molecule has 0 spiro atoms. The van der Waals surface area contributed by atoms with Crippen LogP contribution >= 0.6 is 22.6 Å². The number of hydrogen-bond donors (Lipinski definition) is 2. The van der Waals surface area contributed by atoms with Gasteiger partial charge in [-0.1, -0.05) is 0 Å². The van der Waals surface area contributed by atoms with Crippen molar-refractivity contribution in [2.24, 2.45) is 0 Å². The number of hydrogen-bond acceptors (Lipinski definition) is 2. The number of benzene rings is 1. The van der Waals surface area contributed by atoms with Crippen LogP contribution in [0.5, 0.6) is 0 Å². The maximum atomic E-state index is 12.7. The van der Waals surface area contributed by atoms with E-state index in [0.717, 1.165) is 12.1 Å². The number of halogens is 4. The normalized spacial score (nSPS) is 16.6. The second-order valence-corrected chi connectivity index (χ2v) is 5.81. The molecule has 0 aliphatic heterocycles. The molecule has 1 fully saturated rings. The number of carbonyl (C=O) groups is 2. The van der Waals surface area contributed by atoms with Crippen molar-refractivity contribution in [1.29, 1.82) is 0 Å². The smallest absolute Gasteiger partial charge is 0.416 e. The van der Waals surface area contributed by atoms with Gasteiger partial charge in [-0.3, -0.25) is 4.79 Å². The quantitative estimate of drug-likeness (QED) is 0.769. The van der Waals surface area contributed by atoms with Gasteiger partial charge in [0.15, 0.2) is 0 Å². The molecule has 2 N–H and O–H groups in total. The van der Waals surface area contributed by atoms with Crippen LogP contribution in [-0.4, -0.2) is 22.5 Å². The van der Waals surface area contributed by atoms with Gasteiger partial charge < -0.3 is 10.4 Å². The van der Waals surface area contributed by atoms with Gasteiger partial charge in [0, 0.05) is 9.13 Å². The van der Waals surface area contributed by atoms with Gasteiger partial charge in [0.25, 0.3) is 5.91 Å². The molecule has 1 amide bonds. The highest BCUT2D eigenvalue weighted by molar-refractivity contribution is 14.1. The number of nitrogens with one attached hydrogen (secondary N) is 1. The Morgan fingerprint density at radius 3 is 2.30 bits per heavy atom. The van der Waals surface area contributed by atoms with Gasteiger partial charge in [-0.2, -0.15) is 13.2 Å². The van der Waals surface area contributed by atoms with Crippen LogP contribution in [0, 0.1) is 3.57 Å². The second-order valence-electron chi connectivity index (χ2n) is 4.57. The van der Waals surface area contributed by atoms with E-state index in [9.17, 15) is 22.8 Å². The maximum absolute atomic E-state index is 12.7. The Balaban J connectivity index is 2.27. The lowest BCUT2D eigenvalue weighted by molar-refractivity contribution is -0.140. The molecule has 1 aromatic rings. The van der Waals surface area contributed by atoms with Crippen LogP contribution < -0.4 is 5.32 Å². The monoisotopic (exact) mass is 399 g/mol. The first-order valence-corrected chi connectivity index (χ1v) is 6.66. The first kappa shape index (κ1) is 15.1. The van der Waals surface area contributed by atoms with E-state index < -0.39 is 29.2 Å². The van der Waals surface area contributed by atoms with Gasteiger partial charge in [-0.15, -0.1) is 0 Å². The highest BCUT2D eigenvalue weighted by Gasteiger charge is 2.51. The third-order valence-electron chi connectivity index (χ3n) is 3.00. The number of carboxylic acids is 1. The largest absolute Gasteiger partial charge is 0.480 e. The molecule has 0 bridgehead atoms. The number of amides is 1. The van der Waals surface area contributed by atoms with Gasteiger partial charge in [0.1, 0.15) is 5.54 Å². The Morgan fingerprint density at radius 2 is 1.85 bits per heavy atom. The topological polar surface area (TPSA) is 66.4 Å². The van der Waals surface area contributed by atoms with E-state index in [2.05, 4.69) is 5.32 Å². The van der Waals surface area contributed by atoms with Crippen LogP contribution in [0.15, 0.2) is 18.2 Å². The molecule has 0 unspecified atom stereocenters. The predicted molar refractivity (Wildman–Crippen MR) is 71.2 cm³/mol. The zero-order chi connectivity index (χ0) is 15.1. The minimum Gasteiger partial charge on any atom is -0.480 e. The lowest BCUT2D eigenvalue weighted by Gasteiger charge is -2.14. The van der Waals surface area contributed by atoms with E-state index in [0.29, 0.717) is 0 Å². The standard InChI is InChI=1S/C12H9F3INO3/c13-12(14,15)7-3-6(4-8(16)5-7)9(18)17-11(1-2-11)10(19)20/h3-5H,1-2H2,(H,17,18)(H,19,20). The average molecular weight is 399 g/mol. The molecule has 2 rings (SSSR count). The van der Waals surface area contributed by atoms with Crippen molar-refractivity contribution in [3.05, 3.63) is 32.9 Å². The van der Waals surface area contributed by atoms with Crippen LogP contribution in [0.1, 0.15) is 28.8 Å². The summed E-state index contributed by atoms with van der Waals surface area (Å²) in [6, 6.07) is 2.92. The molecule has 1 aliphatic rings. The molecule has 8 heteroatoms. The van der Waals surface area contributed by atoms with E-state index in [1.54, 1.807) is 22.6 Å². The van der Waals surface area contributed by atoms with Crippen molar-refractivity contribution >= 4 is 34.5 Å². The van der Waals surface area contributed by atoms with Crippen molar-refractivity contribution in [2.45, 2.75) is 24.6 Å². The molecule has 4 nitrogen and oxygen atoms in total. The summed E-state index contributed by atoms with van der Waals surface area (Å²) in [7, 11) is 0. The molecule has 108 valence electrons. The summed E-state index contributed by atoms with van der Waals surface area (Å²) < 4.78 is 38.2. The number of carbonyl (C=O) groups excluding carboxylic acids is 1. The fourth-order valence-corrected chi connectivity index (χ4v) is 2.36. The summed E-state index contributed by atoms with van der Waals surface area (Å²) in [5.74, 6) is -1.98. The SMILES string of the molecule is O=C(NC1(C(=O)O)CC1)c1cc(I)cc(C(F)(F)F)c1. The van der Waals surface area contributed by atoms with Crippen molar-refractivity contribution in [3.63, 3.8) is 0 Å². The molecule has 1 saturated carbocycles. The molecule has 20 heavy (non-hydrogen) atoms. The number of alkyl halides is 3. The zero-order valence-corrected chi connectivity index (χ0v) is 12.1. The molecular formula is C12H9F3INO3. The number of rotatable bonds is 3. The van der Waals surface area contributed by atoms with Gasteiger partial charge in [-0.25, -0.2) is 4.79 Å². The van der Waals surface area contributed by atoms with E-state index >= 15 is 0 Å². The van der Waals surface area contributed by atoms with Crippen LogP contribution in [0.3, 0.4) is 0 Å². The third kappa shape index (κ3) is 3.05. The lowest BCUT2D eigenvalue weighted by atomic mass is 10.1. The van der Waals surface area contributed by atoms with Gasteiger partial charge in [0.05, 0.1) is 5.56 Å². The fourth-order valence-electron chi connectivity index (χ4n) is 1.69. The molecule has 0 aromatic heterocycles. The Kier molecular flexibility index (Phi) is 3.69. The Morgan fingerprint density at radius 1 is 1.25 bits per heavy atom. The van der Waals surface area contributed by atoms with Crippen molar-refractivity contribution in [2.75, 3.05) is 0 Å². The van der Waals surface area contributed by atoms with E-state index in [-0.39, 0.29) is 22.0 Å². The molecule has 0 heterocycles. The third-order valence-corrected chi connectivity index (χ3v) is 3.62. The molecule has 1 aliphatic carbocycles. The summed E-state index contributed by atoms with van der Waals surface area (Å²) in [4.78, 5) is 22.8. The first-order valence-electron chi connectivity index (χ1n) is 5.58. The molecular weight excluding hydrogens is 390 g/mol. The summed E-state index contributed by atoms with van der Waals surface area (Å²) in [6.07, 6.45) is -3.99. The zero-order valence-electron chi connectivity index (χ0n) is 9.92. The van der Waals surface area contributed by atoms with Crippen LogP contribution in [0.2, 0.25) is 0 Å². The van der Waals surface area contributed by atoms with E-state index in [1.807, 2.05) is 0 Å². The highest BCUT2D eigenvalue weighted by atomic mass is 127. The fraction of sp³-hybridized carbons (Fsp3) is 0.333. The summed E-state index contributed by atoms with van der Waals surface area (Å²) in [6.45, 7) is 0. The maximum Gasteiger partial charge on any atom is 0.416 e. The van der Waals surface area contributed by atoms with Crippen molar-refractivity contribution in [1.82, 2.24) is 5.32 Å². The minimum atomic E-state index is -4.56. The van der Waals surface area contributed by atoms with Crippen LogP contribution in [0.4, 0.5) is 13.2 Å². The molecule has 0 atom stereocenters. The van der Waals surface area contributed by atoms with Crippen LogP contribution in [0.25, 0.3) is 0 Å². The van der Waals surface area contributed by atoms with Crippen LogP contribution in [-0.2, 0) is 11.0 Å². The average Bonchev–Trinajstić information content (AvgIpc) is 3.08. The lowest BCUT2D eigenvalue weighted by Crippen LogP contribution is -2.43. The van der Waals surface area contributed by atoms with Crippen molar-refractivity contribution in [3.8, 4) is 0 Å². The molecule has 0 saturated heterocycles. The highest BCUT2D eigenvalue weighted by Crippen LogP contribution is 2.36. The summed E-state index contributed by atoms with van der Waals surface area (Å²) in [5.41, 5.74) is -2.46. The Hall–Kier alpha value is -1.32. The Bertz CT molecular complexity index is 582. The van der Waals surface area contributed by atoms with E-state index in [4.69, 9.17) is 5.11 Å². The van der Waals surface area contributed by atoms with Crippen molar-refractivity contribution < 1.29 is 27.9 Å². The molecule has 0 radical (unpaired) electrons. The minimum absolute atomic E-state index is 0.197. The summed E-state index contributed by atoms with van der Waals surface area (Å²) >= 11 is 1.67.